The predicted molar refractivity (Wildman–Crippen MR) is 31.6 cm³/mol. The van der Waals surface area contributed by atoms with E-state index in [2.05, 4.69) is 0 Å². The molecule has 0 saturated heterocycles. The van der Waals surface area contributed by atoms with Crippen LogP contribution in [0.5, 0.6) is 0 Å². The van der Waals surface area contributed by atoms with E-state index in [1.807, 2.05) is 0 Å². The maximum Gasteiger partial charge on any atom is 0.100 e. The lowest BCUT2D eigenvalue weighted by Crippen LogP contribution is -2.40. The molecule has 0 aromatic carbocycles. The third-order valence-electron chi connectivity index (χ3n) is 1.26. The smallest absolute Gasteiger partial charge is 0.100 e. The molecular formula is C5H13NO2. The second-order valence-corrected chi connectivity index (χ2v) is 2.02. The van der Waals surface area contributed by atoms with Crippen LogP contribution < -0.4 is 5.73 Å². The van der Waals surface area contributed by atoms with Gasteiger partial charge in [-0.05, 0) is 6.92 Å². The minimum atomic E-state index is -0.542. The lowest BCUT2D eigenvalue weighted by Gasteiger charge is -2.22. The molecule has 0 aromatic heterocycles. The topological polar surface area (TPSA) is 55.5 Å². The van der Waals surface area contributed by atoms with Crippen LogP contribution in [-0.2, 0) is 4.74 Å². The SMILES string of the molecule is COC(C)(CN)CO. The molecule has 1 unspecified atom stereocenters. The highest BCUT2D eigenvalue weighted by Crippen LogP contribution is 2.03. The van der Waals surface area contributed by atoms with Crippen LogP contribution in [0.25, 0.3) is 0 Å². The van der Waals surface area contributed by atoms with Gasteiger partial charge in [-0.2, -0.15) is 0 Å². The van der Waals surface area contributed by atoms with Crippen LogP contribution in [0, 0.1) is 0 Å². The summed E-state index contributed by atoms with van der Waals surface area (Å²) in [5.41, 5.74) is 4.70. The standard InChI is InChI=1S/C5H13NO2/c1-5(3-6,4-7)8-2/h7H,3-4,6H2,1-2H3. The lowest BCUT2D eigenvalue weighted by molar-refractivity contribution is -0.0300. The van der Waals surface area contributed by atoms with Gasteiger partial charge in [0, 0.05) is 13.7 Å². The molecule has 3 heteroatoms. The summed E-state index contributed by atoms with van der Waals surface area (Å²) in [6, 6.07) is 0. The molecule has 0 bridgehead atoms. The fraction of sp³-hybridized carbons (Fsp3) is 1.00. The maximum absolute atomic E-state index is 8.58. The van der Waals surface area contributed by atoms with Gasteiger partial charge < -0.3 is 15.6 Å². The number of rotatable bonds is 3. The first kappa shape index (κ1) is 7.88. The van der Waals surface area contributed by atoms with E-state index >= 15 is 0 Å². The minimum absolute atomic E-state index is 0.0278. The molecule has 0 spiro atoms. The molecule has 0 aliphatic carbocycles. The number of aliphatic hydroxyl groups excluding tert-OH is 1. The van der Waals surface area contributed by atoms with Gasteiger partial charge in [0.25, 0.3) is 0 Å². The molecule has 0 aliphatic rings. The Bertz CT molecular complexity index is 53.2. The fourth-order valence-electron chi connectivity index (χ4n) is 0.212. The van der Waals surface area contributed by atoms with Crippen LogP contribution in [0.3, 0.4) is 0 Å². The van der Waals surface area contributed by atoms with Crippen molar-refractivity contribution in [2.45, 2.75) is 12.5 Å². The molecule has 0 radical (unpaired) electrons. The van der Waals surface area contributed by atoms with E-state index in [4.69, 9.17) is 15.6 Å². The number of ether oxygens (including phenoxy) is 1. The van der Waals surface area contributed by atoms with Crippen molar-refractivity contribution in [2.24, 2.45) is 5.73 Å². The van der Waals surface area contributed by atoms with E-state index < -0.39 is 5.60 Å². The Morgan fingerprint density at radius 3 is 2.25 bits per heavy atom. The molecule has 1 atom stereocenters. The van der Waals surface area contributed by atoms with Gasteiger partial charge in [-0.1, -0.05) is 0 Å². The van der Waals surface area contributed by atoms with Gasteiger partial charge in [-0.3, -0.25) is 0 Å². The molecule has 3 nitrogen and oxygen atoms in total. The highest BCUT2D eigenvalue weighted by Gasteiger charge is 2.18. The van der Waals surface area contributed by atoms with Crippen molar-refractivity contribution in [3.05, 3.63) is 0 Å². The fourth-order valence-corrected chi connectivity index (χ4v) is 0.212. The van der Waals surface area contributed by atoms with Crippen molar-refractivity contribution in [1.82, 2.24) is 0 Å². The van der Waals surface area contributed by atoms with Gasteiger partial charge in [0.05, 0.1) is 6.61 Å². The summed E-state index contributed by atoms with van der Waals surface area (Å²) >= 11 is 0. The molecule has 0 amide bonds. The first-order valence-corrected chi connectivity index (χ1v) is 2.54. The summed E-state index contributed by atoms with van der Waals surface area (Å²) < 4.78 is 4.86. The summed E-state index contributed by atoms with van der Waals surface area (Å²) in [6.45, 7) is 2.08. The van der Waals surface area contributed by atoms with Gasteiger partial charge in [0.15, 0.2) is 0 Å². The van der Waals surface area contributed by atoms with Gasteiger partial charge in [-0.15, -0.1) is 0 Å². The highest BCUT2D eigenvalue weighted by molar-refractivity contribution is 4.73. The Morgan fingerprint density at radius 2 is 2.25 bits per heavy atom. The van der Waals surface area contributed by atoms with Crippen LogP contribution in [0.15, 0.2) is 0 Å². The summed E-state index contributed by atoms with van der Waals surface area (Å²) in [6.07, 6.45) is 0. The lowest BCUT2D eigenvalue weighted by atomic mass is 10.1. The zero-order chi connectivity index (χ0) is 6.62. The molecule has 3 N–H and O–H groups in total. The Labute approximate surface area is 49.4 Å². The van der Waals surface area contributed by atoms with Crippen molar-refractivity contribution in [3.8, 4) is 0 Å². The molecule has 0 rings (SSSR count). The number of methoxy groups -OCH3 is 1. The molecule has 8 heavy (non-hydrogen) atoms. The van der Waals surface area contributed by atoms with Crippen LogP contribution >= 0.6 is 0 Å². The zero-order valence-electron chi connectivity index (χ0n) is 5.35. The number of hydrogen-bond donors (Lipinski definition) is 2. The average molecular weight is 119 g/mol. The van der Waals surface area contributed by atoms with Gasteiger partial charge in [0.1, 0.15) is 5.60 Å². The number of nitrogens with two attached hydrogens (primary N) is 1. The summed E-state index contributed by atoms with van der Waals surface area (Å²) in [5, 5.41) is 8.58. The Hall–Kier alpha value is -0.120. The minimum Gasteiger partial charge on any atom is -0.393 e. The molecule has 0 aromatic rings. The average Bonchev–Trinajstić information content (AvgIpc) is 1.87. The van der Waals surface area contributed by atoms with Gasteiger partial charge >= 0.3 is 0 Å². The monoisotopic (exact) mass is 119 g/mol. The van der Waals surface area contributed by atoms with E-state index in [1.54, 1.807) is 6.92 Å². The van der Waals surface area contributed by atoms with Crippen molar-refractivity contribution >= 4 is 0 Å². The third-order valence-corrected chi connectivity index (χ3v) is 1.26. The molecule has 50 valence electrons. The molecule has 0 saturated carbocycles. The number of aliphatic hydroxyl groups is 1. The third kappa shape index (κ3) is 1.78. The quantitative estimate of drug-likeness (QED) is 0.518. The summed E-state index contributed by atoms with van der Waals surface area (Å²) in [7, 11) is 1.53. The first-order chi connectivity index (χ1) is 3.68. The number of hydrogen-bond acceptors (Lipinski definition) is 3. The summed E-state index contributed by atoms with van der Waals surface area (Å²) in [4.78, 5) is 0. The van der Waals surface area contributed by atoms with Crippen molar-refractivity contribution in [1.29, 1.82) is 0 Å². The van der Waals surface area contributed by atoms with Crippen molar-refractivity contribution < 1.29 is 9.84 Å². The second kappa shape index (κ2) is 3.02. The van der Waals surface area contributed by atoms with Crippen LogP contribution in [0.1, 0.15) is 6.92 Å². The maximum atomic E-state index is 8.58. The van der Waals surface area contributed by atoms with E-state index in [-0.39, 0.29) is 6.61 Å². The van der Waals surface area contributed by atoms with Crippen LogP contribution in [-0.4, -0.2) is 31.0 Å². The van der Waals surface area contributed by atoms with E-state index in [1.165, 1.54) is 7.11 Å². The first-order valence-electron chi connectivity index (χ1n) is 2.54. The van der Waals surface area contributed by atoms with E-state index in [0.29, 0.717) is 6.54 Å². The Kier molecular flexibility index (Phi) is 2.97. The van der Waals surface area contributed by atoms with Crippen molar-refractivity contribution in [3.63, 3.8) is 0 Å². The molecule has 0 heterocycles. The van der Waals surface area contributed by atoms with Gasteiger partial charge in [-0.25, -0.2) is 0 Å². The van der Waals surface area contributed by atoms with E-state index in [0.717, 1.165) is 0 Å². The van der Waals surface area contributed by atoms with E-state index in [9.17, 15) is 0 Å². The predicted octanol–water partition coefficient (Wildman–Crippen LogP) is -0.658. The molecular weight excluding hydrogens is 106 g/mol. The Morgan fingerprint density at radius 1 is 1.75 bits per heavy atom. The normalized spacial score (nSPS) is 18.0. The Balaban J connectivity index is 3.58. The second-order valence-electron chi connectivity index (χ2n) is 2.02. The van der Waals surface area contributed by atoms with Crippen LogP contribution in [0.4, 0.5) is 0 Å². The molecule has 0 fully saturated rings. The van der Waals surface area contributed by atoms with Crippen LogP contribution in [0.2, 0.25) is 0 Å². The zero-order valence-corrected chi connectivity index (χ0v) is 5.35. The van der Waals surface area contributed by atoms with Crippen molar-refractivity contribution in [2.75, 3.05) is 20.3 Å². The highest BCUT2D eigenvalue weighted by atomic mass is 16.5. The van der Waals surface area contributed by atoms with Gasteiger partial charge in [0.2, 0.25) is 0 Å². The molecule has 0 aliphatic heterocycles. The summed E-state index contributed by atoms with van der Waals surface area (Å²) in [5.74, 6) is 0. The largest absolute Gasteiger partial charge is 0.393 e.